The maximum absolute atomic E-state index is 11.7. The van der Waals surface area contributed by atoms with Crippen molar-refractivity contribution in [2.75, 3.05) is 19.0 Å². The molecule has 0 atom stereocenters. The minimum atomic E-state index is -0.348. The number of imidazole rings is 1. The molecule has 0 saturated carbocycles. The first-order chi connectivity index (χ1) is 10.6. The average molecular weight is 301 g/mol. The van der Waals surface area contributed by atoms with Crippen LogP contribution in [-0.2, 0) is 11.3 Å². The zero-order valence-corrected chi connectivity index (χ0v) is 13.4. The van der Waals surface area contributed by atoms with E-state index in [-0.39, 0.29) is 5.97 Å². The van der Waals surface area contributed by atoms with Gasteiger partial charge < -0.3 is 14.6 Å². The number of hydrogen-bond acceptors (Lipinski definition) is 4. The van der Waals surface area contributed by atoms with E-state index in [4.69, 9.17) is 4.74 Å². The minimum absolute atomic E-state index is 0.348. The van der Waals surface area contributed by atoms with Crippen molar-refractivity contribution in [3.63, 3.8) is 0 Å². The van der Waals surface area contributed by atoms with E-state index in [1.807, 2.05) is 6.07 Å². The van der Waals surface area contributed by atoms with Gasteiger partial charge in [-0.25, -0.2) is 9.78 Å². The highest BCUT2D eigenvalue weighted by atomic mass is 16.5. The van der Waals surface area contributed by atoms with E-state index < -0.39 is 0 Å². The smallest absolute Gasteiger partial charge is 0.337 e. The van der Waals surface area contributed by atoms with Crippen LogP contribution in [0.3, 0.4) is 0 Å². The van der Waals surface area contributed by atoms with Crippen molar-refractivity contribution < 1.29 is 9.53 Å². The predicted octanol–water partition coefficient (Wildman–Crippen LogP) is 3.47. The summed E-state index contributed by atoms with van der Waals surface area (Å²) in [5.41, 5.74) is 2.32. The second-order valence-electron chi connectivity index (χ2n) is 5.63. The molecule has 1 heterocycles. The molecule has 0 saturated heterocycles. The molecule has 0 aliphatic heterocycles. The molecular formula is C17H23N3O2. The molecule has 0 radical (unpaired) electrons. The Labute approximate surface area is 131 Å². The van der Waals surface area contributed by atoms with Gasteiger partial charge in [-0.3, -0.25) is 0 Å². The first-order valence-corrected chi connectivity index (χ1v) is 7.50. The highest BCUT2D eigenvalue weighted by molar-refractivity contribution is 5.94. The van der Waals surface area contributed by atoms with Crippen molar-refractivity contribution in [2.45, 2.75) is 26.8 Å². The minimum Gasteiger partial charge on any atom is -0.465 e. The summed E-state index contributed by atoms with van der Waals surface area (Å²) in [4.78, 5) is 16.3. The molecule has 2 rings (SSSR count). The summed E-state index contributed by atoms with van der Waals surface area (Å²) in [7, 11) is 1.38. The van der Waals surface area contributed by atoms with Crippen LogP contribution in [0.4, 0.5) is 5.95 Å². The van der Waals surface area contributed by atoms with E-state index in [2.05, 4.69) is 35.3 Å². The predicted molar refractivity (Wildman–Crippen MR) is 89.2 cm³/mol. The number of nitrogens with one attached hydrogen (secondary N) is 1. The number of hydrogen-bond donors (Lipinski definition) is 1. The van der Waals surface area contributed by atoms with Crippen LogP contribution in [0.2, 0.25) is 0 Å². The van der Waals surface area contributed by atoms with Crippen molar-refractivity contribution in [1.82, 2.24) is 9.55 Å². The number of benzene rings is 1. The molecular weight excluding hydrogens is 278 g/mol. The summed E-state index contributed by atoms with van der Waals surface area (Å²) in [6.07, 6.45) is 2.86. The number of carbonyl (C=O) groups excluding carboxylic acids is 1. The Balaban J connectivity index is 2.42. The van der Waals surface area contributed by atoms with Gasteiger partial charge in [0, 0.05) is 13.1 Å². The van der Waals surface area contributed by atoms with Gasteiger partial charge >= 0.3 is 5.97 Å². The third-order valence-corrected chi connectivity index (χ3v) is 3.50. The van der Waals surface area contributed by atoms with E-state index in [9.17, 15) is 4.79 Å². The maximum Gasteiger partial charge on any atom is 0.337 e. The molecule has 22 heavy (non-hydrogen) atoms. The lowest BCUT2D eigenvalue weighted by atomic mass is 10.1. The number of anilines is 1. The Kier molecular flexibility index (Phi) is 5.20. The second kappa shape index (κ2) is 7.11. The summed E-state index contributed by atoms with van der Waals surface area (Å²) in [5, 5.41) is 3.26. The van der Waals surface area contributed by atoms with E-state index in [1.54, 1.807) is 18.2 Å². The van der Waals surface area contributed by atoms with Crippen LogP contribution in [0, 0.1) is 5.92 Å². The van der Waals surface area contributed by atoms with Crippen molar-refractivity contribution in [1.29, 1.82) is 0 Å². The lowest BCUT2D eigenvalue weighted by Crippen LogP contribution is -2.09. The molecule has 0 fully saturated rings. The number of nitrogens with zero attached hydrogens (tertiary/aromatic N) is 2. The lowest BCUT2D eigenvalue weighted by molar-refractivity contribution is 0.0601. The number of esters is 1. The summed E-state index contributed by atoms with van der Waals surface area (Å²) in [6.45, 7) is 9.65. The zero-order chi connectivity index (χ0) is 16.1. The van der Waals surface area contributed by atoms with Crippen LogP contribution in [0.15, 0.2) is 30.9 Å². The summed E-state index contributed by atoms with van der Waals surface area (Å²) < 4.78 is 6.92. The number of fused-ring (bicyclic) bond motifs is 1. The summed E-state index contributed by atoms with van der Waals surface area (Å²) in [6, 6.07) is 5.47. The SMILES string of the molecule is C=CCNc1nc2cc(C(=O)OC)ccc2n1CCC(C)C. The van der Waals surface area contributed by atoms with E-state index >= 15 is 0 Å². The fraction of sp³-hybridized carbons (Fsp3) is 0.412. The van der Waals surface area contributed by atoms with Gasteiger partial charge in [-0.2, -0.15) is 0 Å². The topological polar surface area (TPSA) is 56.1 Å². The maximum atomic E-state index is 11.7. The van der Waals surface area contributed by atoms with Gasteiger partial charge in [-0.15, -0.1) is 6.58 Å². The molecule has 0 spiro atoms. The molecule has 1 N–H and O–H groups in total. The Hall–Kier alpha value is -2.30. The van der Waals surface area contributed by atoms with Crippen LogP contribution in [0.25, 0.3) is 11.0 Å². The summed E-state index contributed by atoms with van der Waals surface area (Å²) >= 11 is 0. The van der Waals surface area contributed by atoms with E-state index in [0.717, 1.165) is 29.9 Å². The largest absolute Gasteiger partial charge is 0.465 e. The zero-order valence-electron chi connectivity index (χ0n) is 13.4. The number of aryl methyl sites for hydroxylation is 1. The first kappa shape index (κ1) is 16.1. The van der Waals surface area contributed by atoms with Gasteiger partial charge in [0.15, 0.2) is 0 Å². The Morgan fingerprint density at radius 2 is 2.27 bits per heavy atom. The van der Waals surface area contributed by atoms with Crippen LogP contribution in [0.1, 0.15) is 30.6 Å². The molecule has 0 aliphatic rings. The van der Waals surface area contributed by atoms with E-state index in [1.165, 1.54) is 7.11 Å². The van der Waals surface area contributed by atoms with Gasteiger partial charge in [0.05, 0.1) is 23.7 Å². The number of rotatable bonds is 7. The third kappa shape index (κ3) is 3.47. The fourth-order valence-corrected chi connectivity index (χ4v) is 2.29. The standard InChI is InChI=1S/C17H23N3O2/c1-5-9-18-17-19-14-11-13(16(21)22-4)6-7-15(14)20(17)10-8-12(2)3/h5-7,11-12H,1,8-10H2,2-4H3,(H,18,19). The first-order valence-electron chi connectivity index (χ1n) is 7.50. The van der Waals surface area contributed by atoms with Gasteiger partial charge in [-0.05, 0) is 30.5 Å². The highest BCUT2D eigenvalue weighted by Crippen LogP contribution is 2.22. The molecule has 5 nitrogen and oxygen atoms in total. The van der Waals surface area contributed by atoms with Crippen molar-refractivity contribution >= 4 is 23.0 Å². The molecule has 5 heteroatoms. The van der Waals surface area contributed by atoms with Crippen LogP contribution in [0.5, 0.6) is 0 Å². The van der Waals surface area contributed by atoms with E-state index in [0.29, 0.717) is 18.0 Å². The number of aromatic nitrogens is 2. The Morgan fingerprint density at radius 1 is 1.50 bits per heavy atom. The molecule has 118 valence electrons. The van der Waals surface area contributed by atoms with Crippen molar-refractivity contribution in [3.05, 3.63) is 36.4 Å². The van der Waals surface area contributed by atoms with Crippen LogP contribution < -0.4 is 5.32 Å². The normalized spacial score (nSPS) is 10.9. The van der Waals surface area contributed by atoms with Gasteiger partial charge in [0.25, 0.3) is 0 Å². The van der Waals surface area contributed by atoms with Gasteiger partial charge in [-0.1, -0.05) is 19.9 Å². The molecule has 2 aromatic rings. The van der Waals surface area contributed by atoms with Crippen molar-refractivity contribution in [2.24, 2.45) is 5.92 Å². The Bertz CT molecular complexity index is 674. The van der Waals surface area contributed by atoms with Crippen molar-refractivity contribution in [3.8, 4) is 0 Å². The monoisotopic (exact) mass is 301 g/mol. The molecule has 1 aromatic heterocycles. The highest BCUT2D eigenvalue weighted by Gasteiger charge is 2.13. The van der Waals surface area contributed by atoms with Gasteiger partial charge in [0.2, 0.25) is 5.95 Å². The average Bonchev–Trinajstić information content (AvgIpc) is 2.86. The quantitative estimate of drug-likeness (QED) is 0.628. The van der Waals surface area contributed by atoms with Crippen LogP contribution >= 0.6 is 0 Å². The fourth-order valence-electron chi connectivity index (χ4n) is 2.29. The molecule has 0 bridgehead atoms. The third-order valence-electron chi connectivity index (χ3n) is 3.50. The summed E-state index contributed by atoms with van der Waals surface area (Å²) in [5.74, 6) is 1.07. The molecule has 0 amide bonds. The number of carbonyl (C=O) groups is 1. The number of methoxy groups -OCH3 is 1. The second-order valence-corrected chi connectivity index (χ2v) is 5.63. The Morgan fingerprint density at radius 3 is 2.91 bits per heavy atom. The van der Waals surface area contributed by atoms with Crippen LogP contribution in [-0.4, -0.2) is 29.2 Å². The number of ether oxygens (including phenoxy) is 1. The molecule has 0 aliphatic carbocycles. The molecule has 0 unspecified atom stereocenters. The van der Waals surface area contributed by atoms with Gasteiger partial charge in [0.1, 0.15) is 0 Å². The lowest BCUT2D eigenvalue weighted by Gasteiger charge is -2.11. The molecule has 1 aromatic carbocycles.